The lowest BCUT2D eigenvalue weighted by Gasteiger charge is -2.54. The number of rotatable bonds is 3. The van der Waals surface area contributed by atoms with Gasteiger partial charge in [-0.1, -0.05) is 44.1 Å². The Hall–Kier alpha value is -1.09. The summed E-state index contributed by atoms with van der Waals surface area (Å²) in [6.45, 7) is 7.36. The van der Waals surface area contributed by atoms with Crippen LogP contribution in [0.2, 0.25) is 0 Å². The van der Waals surface area contributed by atoms with Crippen molar-refractivity contribution in [3.63, 3.8) is 0 Å². The van der Waals surface area contributed by atoms with E-state index in [1.54, 1.807) is 5.57 Å². The molecule has 0 amide bonds. The first-order valence-corrected chi connectivity index (χ1v) is 10.7. The molecule has 4 aliphatic carbocycles. The number of carbonyl (C=O) groups is 1. The average Bonchev–Trinajstić information content (AvgIpc) is 2.97. The highest BCUT2D eigenvalue weighted by atomic mass is 16.5. The number of fused-ring (bicyclic) bond motifs is 5. The fraction of sp³-hybridized carbons (Fsp3) is 0.783. The quantitative estimate of drug-likeness (QED) is 0.737. The maximum absolute atomic E-state index is 12.7. The lowest BCUT2D eigenvalue weighted by atomic mass is 9.50. The number of esters is 1. The van der Waals surface area contributed by atoms with Crippen molar-refractivity contribution in [3.05, 3.63) is 23.3 Å². The number of aliphatic hydroxyl groups excluding tert-OH is 1. The summed E-state index contributed by atoms with van der Waals surface area (Å²) in [5, 5.41) is 10.1. The standard InChI is InChI=1S/C23H34O3/c1-4-13-26-21(25)20-8-7-18-17-6-5-15-14-16(24)9-11-22(15,2)19(17)10-12-23(18,20)3/h5-6,16,18-20,24H,4,7-14H2,1-3H3/t16-,18-,19-,20+,22-,23-/m0/s1. The largest absolute Gasteiger partial charge is 0.465 e. The summed E-state index contributed by atoms with van der Waals surface area (Å²) < 4.78 is 5.54. The Morgan fingerprint density at radius 3 is 2.73 bits per heavy atom. The molecule has 6 atom stereocenters. The lowest BCUT2D eigenvalue weighted by molar-refractivity contribution is -0.153. The molecule has 0 aromatic carbocycles. The van der Waals surface area contributed by atoms with Crippen molar-refractivity contribution < 1.29 is 14.6 Å². The minimum atomic E-state index is -0.165. The van der Waals surface area contributed by atoms with Gasteiger partial charge in [0.1, 0.15) is 0 Å². The van der Waals surface area contributed by atoms with Crippen molar-refractivity contribution in [2.45, 2.75) is 78.2 Å². The van der Waals surface area contributed by atoms with Crippen LogP contribution in [0.1, 0.15) is 72.1 Å². The van der Waals surface area contributed by atoms with Crippen LogP contribution < -0.4 is 0 Å². The zero-order valence-corrected chi connectivity index (χ0v) is 16.6. The zero-order chi connectivity index (χ0) is 18.5. The molecule has 144 valence electrons. The van der Waals surface area contributed by atoms with E-state index >= 15 is 0 Å². The predicted molar refractivity (Wildman–Crippen MR) is 102 cm³/mol. The number of hydrogen-bond donors (Lipinski definition) is 1. The van der Waals surface area contributed by atoms with Gasteiger partial charge >= 0.3 is 5.97 Å². The molecule has 0 aliphatic heterocycles. The summed E-state index contributed by atoms with van der Waals surface area (Å²) in [5.41, 5.74) is 3.31. The van der Waals surface area contributed by atoms with Gasteiger partial charge in [0.15, 0.2) is 0 Å². The van der Waals surface area contributed by atoms with Gasteiger partial charge in [-0.05, 0) is 74.0 Å². The third-order valence-electron chi connectivity index (χ3n) is 8.28. The van der Waals surface area contributed by atoms with Gasteiger partial charge in [-0.15, -0.1) is 0 Å². The van der Waals surface area contributed by atoms with E-state index in [1.807, 2.05) is 0 Å². The maximum atomic E-state index is 12.7. The minimum absolute atomic E-state index is 0.0370. The van der Waals surface area contributed by atoms with Gasteiger partial charge in [0, 0.05) is 0 Å². The summed E-state index contributed by atoms with van der Waals surface area (Å²) in [6, 6.07) is 0. The second-order valence-corrected chi connectivity index (χ2v) is 9.62. The zero-order valence-electron chi connectivity index (χ0n) is 16.6. The van der Waals surface area contributed by atoms with Crippen molar-refractivity contribution in [1.82, 2.24) is 0 Å². The Balaban J connectivity index is 1.61. The van der Waals surface area contributed by atoms with E-state index in [0.717, 1.165) is 44.9 Å². The van der Waals surface area contributed by atoms with Gasteiger partial charge in [0.25, 0.3) is 0 Å². The van der Waals surface area contributed by atoms with Gasteiger partial charge in [-0.2, -0.15) is 0 Å². The van der Waals surface area contributed by atoms with E-state index in [9.17, 15) is 9.90 Å². The number of ether oxygens (including phenoxy) is 1. The van der Waals surface area contributed by atoms with Crippen molar-refractivity contribution in [2.24, 2.45) is 28.6 Å². The SMILES string of the molecule is CCCOC(=O)[C@H]1CC[C@H]2C3=CC=C4C[C@@H](O)CC[C@]4(C)[C@H]3CC[C@]12C. The molecule has 3 fully saturated rings. The molecular formula is C23H34O3. The Kier molecular flexibility index (Phi) is 4.58. The van der Waals surface area contributed by atoms with Crippen molar-refractivity contribution in [1.29, 1.82) is 0 Å². The van der Waals surface area contributed by atoms with E-state index in [0.29, 0.717) is 18.4 Å². The molecule has 3 heteroatoms. The van der Waals surface area contributed by atoms with E-state index in [-0.39, 0.29) is 28.8 Å². The molecule has 4 aliphatic rings. The fourth-order valence-corrected chi connectivity index (χ4v) is 6.67. The molecule has 0 spiro atoms. The van der Waals surface area contributed by atoms with Gasteiger partial charge in [-0.25, -0.2) is 0 Å². The minimum Gasteiger partial charge on any atom is -0.465 e. The summed E-state index contributed by atoms with van der Waals surface area (Å²) in [4.78, 5) is 12.7. The van der Waals surface area contributed by atoms with E-state index in [2.05, 4.69) is 32.9 Å². The monoisotopic (exact) mass is 358 g/mol. The molecule has 0 aromatic rings. The van der Waals surface area contributed by atoms with E-state index in [1.165, 1.54) is 12.0 Å². The second-order valence-electron chi connectivity index (χ2n) is 9.62. The van der Waals surface area contributed by atoms with Crippen LogP contribution >= 0.6 is 0 Å². The Bertz CT molecular complexity index is 648. The molecule has 0 radical (unpaired) electrons. The average molecular weight is 359 g/mol. The maximum Gasteiger partial charge on any atom is 0.309 e. The van der Waals surface area contributed by atoms with Crippen LogP contribution in [0.15, 0.2) is 23.3 Å². The first kappa shape index (κ1) is 18.3. The summed E-state index contributed by atoms with van der Waals surface area (Å²) in [7, 11) is 0. The number of aliphatic hydroxyl groups is 1. The highest BCUT2D eigenvalue weighted by Crippen LogP contribution is 2.64. The van der Waals surface area contributed by atoms with Crippen LogP contribution in [-0.2, 0) is 9.53 Å². The summed E-state index contributed by atoms with van der Waals surface area (Å²) in [6.07, 6.45) is 12.6. The van der Waals surface area contributed by atoms with Crippen molar-refractivity contribution >= 4 is 5.97 Å². The van der Waals surface area contributed by atoms with E-state index in [4.69, 9.17) is 4.74 Å². The molecule has 0 aromatic heterocycles. The molecule has 0 saturated heterocycles. The van der Waals surface area contributed by atoms with Crippen LogP contribution in [0, 0.1) is 28.6 Å². The van der Waals surface area contributed by atoms with Gasteiger partial charge in [0.2, 0.25) is 0 Å². The van der Waals surface area contributed by atoms with E-state index < -0.39 is 0 Å². The first-order valence-electron chi connectivity index (χ1n) is 10.7. The number of hydrogen-bond acceptors (Lipinski definition) is 3. The van der Waals surface area contributed by atoms with Gasteiger partial charge in [0.05, 0.1) is 18.6 Å². The normalized spacial score (nSPS) is 44.3. The molecule has 1 N–H and O–H groups in total. The number of carbonyl (C=O) groups excluding carboxylic acids is 1. The third kappa shape index (κ3) is 2.61. The Morgan fingerprint density at radius 1 is 1.15 bits per heavy atom. The van der Waals surface area contributed by atoms with Crippen LogP contribution in [0.25, 0.3) is 0 Å². The Morgan fingerprint density at radius 2 is 1.96 bits per heavy atom. The first-order chi connectivity index (χ1) is 12.4. The second kappa shape index (κ2) is 6.51. The molecular weight excluding hydrogens is 324 g/mol. The smallest absolute Gasteiger partial charge is 0.309 e. The highest BCUT2D eigenvalue weighted by Gasteiger charge is 2.58. The lowest BCUT2D eigenvalue weighted by Crippen LogP contribution is -2.47. The summed E-state index contributed by atoms with van der Waals surface area (Å²) >= 11 is 0. The van der Waals surface area contributed by atoms with Gasteiger partial charge < -0.3 is 9.84 Å². The molecule has 26 heavy (non-hydrogen) atoms. The molecule has 3 saturated carbocycles. The topological polar surface area (TPSA) is 46.5 Å². The highest BCUT2D eigenvalue weighted by molar-refractivity contribution is 5.74. The van der Waals surface area contributed by atoms with Crippen LogP contribution in [0.5, 0.6) is 0 Å². The van der Waals surface area contributed by atoms with Crippen molar-refractivity contribution in [2.75, 3.05) is 6.61 Å². The molecule has 0 heterocycles. The number of allylic oxidation sites excluding steroid dienone is 3. The molecule has 3 nitrogen and oxygen atoms in total. The van der Waals surface area contributed by atoms with Crippen LogP contribution in [0.3, 0.4) is 0 Å². The summed E-state index contributed by atoms with van der Waals surface area (Å²) in [5.74, 6) is 1.21. The van der Waals surface area contributed by atoms with Crippen LogP contribution in [-0.4, -0.2) is 23.8 Å². The van der Waals surface area contributed by atoms with Crippen LogP contribution in [0.4, 0.5) is 0 Å². The predicted octanol–water partition coefficient (Wildman–Crippen LogP) is 4.80. The fourth-order valence-electron chi connectivity index (χ4n) is 6.67. The molecule has 0 bridgehead atoms. The molecule has 0 unspecified atom stereocenters. The van der Waals surface area contributed by atoms with Crippen molar-refractivity contribution in [3.8, 4) is 0 Å². The van der Waals surface area contributed by atoms with Gasteiger partial charge in [-0.3, -0.25) is 4.79 Å². The molecule has 4 rings (SSSR count). The Labute approximate surface area is 157 Å². The third-order valence-corrected chi connectivity index (χ3v) is 8.28.